The molecular formula is C17H25NO3. The van der Waals surface area contributed by atoms with Crippen LogP contribution in [0.2, 0.25) is 0 Å². The average Bonchev–Trinajstić information content (AvgIpc) is 2.86. The van der Waals surface area contributed by atoms with Crippen LogP contribution >= 0.6 is 0 Å². The number of hydrogen-bond acceptors (Lipinski definition) is 4. The summed E-state index contributed by atoms with van der Waals surface area (Å²) in [5.41, 5.74) is 2.35. The van der Waals surface area contributed by atoms with E-state index in [1.165, 1.54) is 5.56 Å². The van der Waals surface area contributed by atoms with E-state index in [4.69, 9.17) is 14.2 Å². The summed E-state index contributed by atoms with van der Waals surface area (Å²) in [6, 6.07) is 4.25. The van der Waals surface area contributed by atoms with Crippen molar-refractivity contribution in [3.8, 4) is 11.5 Å². The van der Waals surface area contributed by atoms with Crippen LogP contribution in [-0.4, -0.2) is 31.9 Å². The average molecular weight is 291 g/mol. The predicted octanol–water partition coefficient (Wildman–Crippen LogP) is 2.85. The van der Waals surface area contributed by atoms with Crippen LogP contribution in [0.15, 0.2) is 12.1 Å². The molecule has 2 aliphatic heterocycles. The first kappa shape index (κ1) is 14.7. The van der Waals surface area contributed by atoms with Crippen molar-refractivity contribution in [2.24, 2.45) is 0 Å². The van der Waals surface area contributed by atoms with Gasteiger partial charge in [0.15, 0.2) is 0 Å². The highest BCUT2D eigenvalue weighted by atomic mass is 16.5. The molecule has 2 aliphatic rings. The molecule has 21 heavy (non-hydrogen) atoms. The van der Waals surface area contributed by atoms with E-state index in [0.29, 0.717) is 6.61 Å². The van der Waals surface area contributed by atoms with E-state index < -0.39 is 0 Å². The summed E-state index contributed by atoms with van der Waals surface area (Å²) in [6.07, 6.45) is 2.53. The maximum Gasteiger partial charge on any atom is 0.125 e. The maximum absolute atomic E-state index is 6.20. The van der Waals surface area contributed by atoms with Crippen molar-refractivity contribution in [3.05, 3.63) is 23.3 Å². The standard InChI is InChI=1S/C17H25NO3/c1-4-13-9-18-10-17(21-13)14-8-15-12(6-11(3)20-15)7-16(14)19-5-2/h7-8,11,13,17-18H,4-6,9-10H2,1-3H3. The van der Waals surface area contributed by atoms with Crippen LogP contribution in [0.1, 0.15) is 44.4 Å². The van der Waals surface area contributed by atoms with E-state index in [1.807, 2.05) is 6.92 Å². The second kappa shape index (κ2) is 6.24. The molecule has 1 aromatic rings. The molecule has 0 amide bonds. The van der Waals surface area contributed by atoms with Crippen molar-refractivity contribution in [2.75, 3.05) is 19.7 Å². The number of ether oxygens (including phenoxy) is 3. The molecule has 0 aromatic heterocycles. The zero-order chi connectivity index (χ0) is 14.8. The van der Waals surface area contributed by atoms with E-state index in [2.05, 4.69) is 31.3 Å². The third-order valence-corrected chi connectivity index (χ3v) is 4.19. The lowest BCUT2D eigenvalue weighted by Gasteiger charge is -2.31. The molecule has 3 unspecified atom stereocenters. The SMILES string of the molecule is CCOc1cc2c(cc1C1CNCC(CC)O1)OC(C)C2. The Balaban J connectivity index is 1.91. The van der Waals surface area contributed by atoms with Crippen LogP contribution in [0.25, 0.3) is 0 Å². The number of nitrogens with one attached hydrogen (secondary N) is 1. The molecule has 1 saturated heterocycles. The molecule has 116 valence electrons. The van der Waals surface area contributed by atoms with Crippen LogP contribution in [0.4, 0.5) is 0 Å². The van der Waals surface area contributed by atoms with Gasteiger partial charge in [-0.15, -0.1) is 0 Å². The van der Waals surface area contributed by atoms with Crippen molar-refractivity contribution < 1.29 is 14.2 Å². The van der Waals surface area contributed by atoms with Gasteiger partial charge in [0.25, 0.3) is 0 Å². The number of hydrogen-bond donors (Lipinski definition) is 1. The summed E-state index contributed by atoms with van der Waals surface area (Å²) in [4.78, 5) is 0. The molecule has 1 fully saturated rings. The number of morpholine rings is 1. The summed E-state index contributed by atoms with van der Waals surface area (Å²) >= 11 is 0. The molecule has 1 N–H and O–H groups in total. The lowest BCUT2D eigenvalue weighted by atomic mass is 10.0. The van der Waals surface area contributed by atoms with E-state index in [0.717, 1.165) is 43.0 Å². The second-order valence-electron chi connectivity index (χ2n) is 5.88. The zero-order valence-electron chi connectivity index (χ0n) is 13.1. The topological polar surface area (TPSA) is 39.7 Å². The van der Waals surface area contributed by atoms with Crippen LogP contribution in [0.3, 0.4) is 0 Å². The van der Waals surface area contributed by atoms with Crippen molar-refractivity contribution in [1.29, 1.82) is 0 Å². The smallest absolute Gasteiger partial charge is 0.125 e. The minimum absolute atomic E-state index is 0.0371. The molecule has 4 nitrogen and oxygen atoms in total. The minimum atomic E-state index is 0.0371. The summed E-state index contributed by atoms with van der Waals surface area (Å²) in [7, 11) is 0. The van der Waals surface area contributed by atoms with Crippen LogP contribution in [-0.2, 0) is 11.2 Å². The molecule has 3 atom stereocenters. The molecule has 0 spiro atoms. The summed E-state index contributed by atoms with van der Waals surface area (Å²) in [5.74, 6) is 1.93. The monoisotopic (exact) mass is 291 g/mol. The summed E-state index contributed by atoms with van der Waals surface area (Å²) in [6.45, 7) is 8.70. The fourth-order valence-electron chi connectivity index (χ4n) is 3.11. The Bertz CT molecular complexity index is 503. The first-order valence-electron chi connectivity index (χ1n) is 8.03. The van der Waals surface area contributed by atoms with Gasteiger partial charge >= 0.3 is 0 Å². The van der Waals surface area contributed by atoms with E-state index in [1.54, 1.807) is 0 Å². The number of rotatable bonds is 4. The lowest BCUT2D eigenvalue weighted by molar-refractivity contribution is -0.0410. The third-order valence-electron chi connectivity index (χ3n) is 4.19. The summed E-state index contributed by atoms with van der Waals surface area (Å²) in [5, 5.41) is 3.46. The Labute approximate surface area is 126 Å². The highest BCUT2D eigenvalue weighted by Crippen LogP contribution is 2.39. The molecule has 4 heteroatoms. The maximum atomic E-state index is 6.20. The number of fused-ring (bicyclic) bond motifs is 1. The van der Waals surface area contributed by atoms with Gasteiger partial charge in [-0.3, -0.25) is 0 Å². The van der Waals surface area contributed by atoms with Gasteiger partial charge in [-0.05, 0) is 32.4 Å². The Hall–Kier alpha value is -1.26. The highest BCUT2D eigenvalue weighted by Gasteiger charge is 2.28. The van der Waals surface area contributed by atoms with Gasteiger partial charge in [-0.2, -0.15) is 0 Å². The van der Waals surface area contributed by atoms with Gasteiger partial charge in [-0.25, -0.2) is 0 Å². The van der Waals surface area contributed by atoms with Gasteiger partial charge in [0.2, 0.25) is 0 Å². The predicted molar refractivity (Wildman–Crippen MR) is 82.2 cm³/mol. The van der Waals surface area contributed by atoms with Gasteiger partial charge in [-0.1, -0.05) is 6.92 Å². The van der Waals surface area contributed by atoms with Crippen molar-refractivity contribution in [2.45, 2.75) is 51.9 Å². The summed E-state index contributed by atoms with van der Waals surface area (Å²) < 4.78 is 17.9. The first-order valence-corrected chi connectivity index (χ1v) is 8.03. The Morgan fingerprint density at radius 1 is 1.29 bits per heavy atom. The van der Waals surface area contributed by atoms with Crippen LogP contribution in [0.5, 0.6) is 11.5 Å². The van der Waals surface area contributed by atoms with Gasteiger partial charge in [0, 0.05) is 30.6 Å². The second-order valence-corrected chi connectivity index (χ2v) is 5.88. The molecular weight excluding hydrogens is 266 g/mol. The van der Waals surface area contributed by atoms with Crippen molar-refractivity contribution >= 4 is 0 Å². The van der Waals surface area contributed by atoms with Gasteiger partial charge in [0.1, 0.15) is 17.6 Å². The molecule has 0 aliphatic carbocycles. The van der Waals surface area contributed by atoms with Crippen LogP contribution < -0.4 is 14.8 Å². The van der Waals surface area contributed by atoms with Gasteiger partial charge < -0.3 is 19.5 Å². The van der Waals surface area contributed by atoms with Crippen molar-refractivity contribution in [3.63, 3.8) is 0 Å². The van der Waals surface area contributed by atoms with Gasteiger partial charge in [0.05, 0.1) is 18.8 Å². The molecule has 0 radical (unpaired) electrons. The van der Waals surface area contributed by atoms with E-state index >= 15 is 0 Å². The largest absolute Gasteiger partial charge is 0.493 e. The first-order chi connectivity index (χ1) is 10.2. The molecule has 2 heterocycles. The molecule has 0 bridgehead atoms. The zero-order valence-corrected chi connectivity index (χ0v) is 13.1. The third kappa shape index (κ3) is 3.01. The Morgan fingerprint density at radius 3 is 2.90 bits per heavy atom. The quantitative estimate of drug-likeness (QED) is 0.926. The minimum Gasteiger partial charge on any atom is -0.493 e. The van der Waals surface area contributed by atoms with E-state index in [-0.39, 0.29) is 18.3 Å². The molecule has 3 rings (SSSR count). The lowest BCUT2D eigenvalue weighted by Crippen LogP contribution is -2.40. The Morgan fingerprint density at radius 2 is 2.14 bits per heavy atom. The van der Waals surface area contributed by atoms with E-state index in [9.17, 15) is 0 Å². The number of benzene rings is 1. The molecule has 1 aromatic carbocycles. The van der Waals surface area contributed by atoms with Crippen LogP contribution in [0, 0.1) is 0 Å². The van der Waals surface area contributed by atoms with Crippen molar-refractivity contribution in [1.82, 2.24) is 5.32 Å². The Kier molecular flexibility index (Phi) is 4.36. The molecule has 0 saturated carbocycles. The fraction of sp³-hybridized carbons (Fsp3) is 0.647. The normalized spacial score (nSPS) is 28.0. The highest BCUT2D eigenvalue weighted by molar-refractivity contribution is 5.49. The fourth-order valence-corrected chi connectivity index (χ4v) is 3.11.